The molecule has 25 nitrogen and oxygen atoms in total. The summed E-state index contributed by atoms with van der Waals surface area (Å²) in [6.45, 7) is 24.0. The lowest BCUT2D eigenvalue weighted by Gasteiger charge is -2.26. The molecule has 0 aliphatic carbocycles. The van der Waals surface area contributed by atoms with Gasteiger partial charge < -0.3 is 68.4 Å². The van der Waals surface area contributed by atoms with Gasteiger partial charge in [-0.25, -0.2) is 14.4 Å². The number of rotatable bonds is 26. The van der Waals surface area contributed by atoms with E-state index >= 15 is 0 Å². The first-order chi connectivity index (χ1) is 40.2. The molecule has 2 aliphatic heterocycles. The summed E-state index contributed by atoms with van der Waals surface area (Å²) in [5.41, 5.74) is 1.52. The second-order valence-electron chi connectivity index (χ2n) is 21.3. The zero-order valence-electron chi connectivity index (χ0n) is 49.7. The normalized spacial score (nSPS) is 15.3. The van der Waals surface area contributed by atoms with E-state index in [1.807, 2.05) is 0 Å². The second-order valence-corrected chi connectivity index (χ2v) is 21.3. The quantitative estimate of drug-likeness (QED) is 0.0223. The van der Waals surface area contributed by atoms with Crippen molar-refractivity contribution in [1.29, 1.82) is 0 Å². The highest BCUT2D eigenvalue weighted by Gasteiger charge is 2.37. The standard InChI is InChI=1S/C60H77N7O18/c1-14-20-81-58(75)65-52(34(2)3)54(71)61-37(6)53(70)62-41-18-16-40(17-19-41)31-84-57(74)63-46-27-50(48(77-12)25-44(46)55(72)66-29-35(4)23-42(66)32-82-38(7)68)79-21-15-22-80-51-28-47(64-59(76)85-60(9,10)11)45(26-49(51)78-13)56(73)67-30-36(5)24-43(67)33-83-39(8)69/h14,16-19,25-28,34,37,42-43,52H,1,4-5,15,20-24,29-33H2,2-3,6-13H3,(H,61,71)(H,62,70)(H,63,74)(H,64,76)(H,65,75)/t37-,42-,43-,52-/m0/s1. The topological polar surface area (TPSA) is 303 Å². The number of nitrogens with zero attached hydrogens (tertiary/aromatic N) is 2. The molecule has 0 aromatic heterocycles. The first-order valence-corrected chi connectivity index (χ1v) is 27.3. The molecule has 5 rings (SSSR count). The molecule has 0 spiro atoms. The third kappa shape index (κ3) is 19.9. The summed E-state index contributed by atoms with van der Waals surface area (Å²) in [4.78, 5) is 120. The zero-order valence-corrected chi connectivity index (χ0v) is 49.7. The predicted octanol–water partition coefficient (Wildman–Crippen LogP) is 7.70. The number of anilines is 3. The molecular formula is C60H77N7O18. The van der Waals surface area contributed by atoms with E-state index < -0.39 is 83.6 Å². The number of methoxy groups -OCH3 is 2. The Bertz CT molecular complexity index is 2990. The van der Waals surface area contributed by atoms with Gasteiger partial charge in [0.15, 0.2) is 23.0 Å². The monoisotopic (exact) mass is 1180 g/mol. The van der Waals surface area contributed by atoms with Crippen molar-refractivity contribution >= 4 is 70.9 Å². The molecule has 3 aromatic carbocycles. The van der Waals surface area contributed by atoms with E-state index in [0.717, 1.165) is 5.57 Å². The van der Waals surface area contributed by atoms with Gasteiger partial charge in [0, 0.05) is 51.2 Å². The van der Waals surface area contributed by atoms with E-state index in [2.05, 4.69) is 46.3 Å². The van der Waals surface area contributed by atoms with Gasteiger partial charge in [-0.05, 0) is 76.3 Å². The predicted molar refractivity (Wildman–Crippen MR) is 312 cm³/mol. The van der Waals surface area contributed by atoms with Crippen LogP contribution in [0.2, 0.25) is 0 Å². The van der Waals surface area contributed by atoms with Gasteiger partial charge in [-0.1, -0.05) is 62.9 Å². The van der Waals surface area contributed by atoms with Crippen LogP contribution in [-0.4, -0.2) is 154 Å². The average molecular weight is 1180 g/mol. The molecule has 0 unspecified atom stereocenters. The molecule has 0 radical (unpaired) electrons. The SMILES string of the molecule is C=CCOC(=O)N[C@H](C(=O)N[C@@H](C)C(=O)Nc1ccc(COC(=O)Nc2cc(OCCCOc3cc(NC(=O)OC(C)(C)C)c(C(=O)N4CC(=C)C[C@H]4COC(C)=O)cc3OC)c(OC)cc2C(=O)N2CC(=C)C[C@H]2COC(C)=O)cc1)C(C)C. The first kappa shape index (κ1) is 66.5. The van der Waals surface area contributed by atoms with Crippen LogP contribution in [0.4, 0.5) is 31.4 Å². The van der Waals surface area contributed by atoms with E-state index in [-0.39, 0.29) is 111 Å². The molecule has 5 N–H and O–H groups in total. The van der Waals surface area contributed by atoms with Crippen LogP contribution in [0.3, 0.4) is 0 Å². The van der Waals surface area contributed by atoms with Crippen LogP contribution in [-0.2, 0) is 49.5 Å². The largest absolute Gasteiger partial charge is 0.493 e. The molecule has 2 aliphatic rings. The molecule has 25 heteroatoms. The fourth-order valence-electron chi connectivity index (χ4n) is 8.76. The highest BCUT2D eigenvalue weighted by atomic mass is 16.6. The fourth-order valence-corrected chi connectivity index (χ4v) is 8.76. The van der Waals surface area contributed by atoms with Crippen LogP contribution in [0.5, 0.6) is 23.0 Å². The highest BCUT2D eigenvalue weighted by Crippen LogP contribution is 2.38. The van der Waals surface area contributed by atoms with Gasteiger partial charge in [0.1, 0.15) is 44.1 Å². The lowest BCUT2D eigenvalue weighted by Crippen LogP contribution is -2.53. The number of carbonyl (C=O) groups excluding carboxylic acids is 9. The Morgan fingerprint density at radius 2 is 1.13 bits per heavy atom. The van der Waals surface area contributed by atoms with Gasteiger partial charge in [-0.3, -0.25) is 39.4 Å². The number of nitrogens with one attached hydrogen (secondary N) is 5. The number of carbonyl (C=O) groups is 9. The van der Waals surface area contributed by atoms with Crippen molar-refractivity contribution in [3.63, 3.8) is 0 Å². The smallest absolute Gasteiger partial charge is 0.412 e. The maximum absolute atomic E-state index is 14.5. The summed E-state index contributed by atoms with van der Waals surface area (Å²) in [5, 5.41) is 13.1. The third-order valence-electron chi connectivity index (χ3n) is 12.8. The molecule has 2 heterocycles. The molecule has 3 aromatic rings. The van der Waals surface area contributed by atoms with Crippen molar-refractivity contribution in [2.45, 2.75) is 111 Å². The summed E-state index contributed by atoms with van der Waals surface area (Å²) in [7, 11) is 2.76. The molecule has 0 saturated carbocycles. The number of amides is 7. The highest BCUT2D eigenvalue weighted by molar-refractivity contribution is 6.05. The van der Waals surface area contributed by atoms with Crippen molar-refractivity contribution in [2.75, 3.05) is 76.3 Å². The molecule has 0 bridgehead atoms. The van der Waals surface area contributed by atoms with Gasteiger partial charge in [0.05, 0.1) is 62.0 Å². The van der Waals surface area contributed by atoms with E-state index in [0.29, 0.717) is 29.7 Å². The molecule has 460 valence electrons. The van der Waals surface area contributed by atoms with E-state index in [1.54, 1.807) is 58.9 Å². The molecule has 85 heavy (non-hydrogen) atoms. The number of alkyl carbamates (subject to hydrolysis) is 1. The van der Waals surface area contributed by atoms with Gasteiger partial charge in [0.2, 0.25) is 11.8 Å². The second kappa shape index (κ2) is 30.8. The van der Waals surface area contributed by atoms with Gasteiger partial charge in [0.25, 0.3) is 11.8 Å². The fraction of sp³-hybridized carbons (Fsp3) is 0.450. The maximum atomic E-state index is 14.5. The number of benzene rings is 3. The van der Waals surface area contributed by atoms with E-state index in [1.165, 1.54) is 75.1 Å². The maximum Gasteiger partial charge on any atom is 0.412 e. The number of hydrogen-bond donors (Lipinski definition) is 5. The number of hydrogen-bond acceptors (Lipinski definition) is 18. The van der Waals surface area contributed by atoms with E-state index in [4.69, 9.17) is 42.6 Å². The molecule has 2 saturated heterocycles. The average Bonchev–Trinajstić information content (AvgIpc) is 3.03. The summed E-state index contributed by atoms with van der Waals surface area (Å²) >= 11 is 0. The van der Waals surface area contributed by atoms with Gasteiger partial charge in [-0.2, -0.15) is 0 Å². The Labute approximate surface area is 494 Å². The zero-order chi connectivity index (χ0) is 62.7. The summed E-state index contributed by atoms with van der Waals surface area (Å²) in [6, 6.07) is 8.95. The van der Waals surface area contributed by atoms with Crippen LogP contribution in [0.15, 0.2) is 85.5 Å². The Morgan fingerprint density at radius 1 is 0.635 bits per heavy atom. The van der Waals surface area contributed by atoms with Crippen LogP contribution in [0.1, 0.15) is 101 Å². The van der Waals surface area contributed by atoms with Gasteiger partial charge >= 0.3 is 30.2 Å². The molecule has 2 fully saturated rings. The van der Waals surface area contributed by atoms with Crippen molar-refractivity contribution in [3.8, 4) is 23.0 Å². The van der Waals surface area contributed by atoms with Crippen molar-refractivity contribution in [1.82, 2.24) is 20.4 Å². The van der Waals surface area contributed by atoms with Crippen LogP contribution < -0.4 is 45.5 Å². The summed E-state index contributed by atoms with van der Waals surface area (Å²) in [5.74, 6) is -3.01. The van der Waals surface area contributed by atoms with E-state index in [9.17, 15) is 43.2 Å². The lowest BCUT2D eigenvalue weighted by molar-refractivity contribution is -0.143. The van der Waals surface area contributed by atoms with Crippen molar-refractivity contribution in [2.24, 2.45) is 5.92 Å². The summed E-state index contributed by atoms with van der Waals surface area (Å²) < 4.78 is 50.2. The lowest BCUT2D eigenvalue weighted by atomic mass is 10.0. The molecule has 4 atom stereocenters. The Morgan fingerprint density at radius 3 is 1.58 bits per heavy atom. The van der Waals surface area contributed by atoms with Crippen LogP contribution in [0.25, 0.3) is 0 Å². The van der Waals surface area contributed by atoms with Crippen molar-refractivity contribution in [3.05, 3.63) is 102 Å². The minimum absolute atomic E-state index is 0.00396. The number of esters is 2. The first-order valence-electron chi connectivity index (χ1n) is 27.3. The van der Waals surface area contributed by atoms with Crippen LogP contribution in [0, 0.1) is 5.92 Å². The minimum Gasteiger partial charge on any atom is -0.493 e. The van der Waals surface area contributed by atoms with Gasteiger partial charge in [-0.15, -0.1) is 0 Å². The number of ether oxygens (including phenoxy) is 9. The minimum atomic E-state index is -1.00. The molecular weight excluding hydrogens is 1110 g/mol. The third-order valence-corrected chi connectivity index (χ3v) is 12.8. The molecule has 7 amide bonds. The Kier molecular flexibility index (Phi) is 24.1. The van der Waals surface area contributed by atoms with Crippen molar-refractivity contribution < 1.29 is 85.8 Å². The Balaban J connectivity index is 1.30. The van der Waals surface area contributed by atoms with Crippen LogP contribution >= 0.6 is 0 Å². The summed E-state index contributed by atoms with van der Waals surface area (Å²) in [6.07, 6.45) is -0.239. The Hall–Kier alpha value is -9.29. The number of likely N-dealkylation sites (tertiary alicyclic amines) is 2.